The fourth-order valence-electron chi connectivity index (χ4n) is 4.71. The number of benzene rings is 2. The molecule has 6 heteroatoms. The summed E-state index contributed by atoms with van der Waals surface area (Å²) in [7, 11) is 0. The molecular formula is C24H27FN2O3. The van der Waals surface area contributed by atoms with E-state index in [0.29, 0.717) is 30.2 Å². The van der Waals surface area contributed by atoms with E-state index in [-0.39, 0.29) is 30.3 Å². The number of nitrogens with one attached hydrogen (secondary N) is 1. The third kappa shape index (κ3) is 4.48. The number of hydrogen-bond donors (Lipinski definition) is 1. The van der Waals surface area contributed by atoms with Gasteiger partial charge in [-0.25, -0.2) is 4.39 Å². The average molecular weight is 410 g/mol. The van der Waals surface area contributed by atoms with Crippen LogP contribution in [0.2, 0.25) is 0 Å². The summed E-state index contributed by atoms with van der Waals surface area (Å²) in [5.41, 5.74) is 0.626. The predicted octanol–water partition coefficient (Wildman–Crippen LogP) is 3.79. The van der Waals surface area contributed by atoms with E-state index < -0.39 is 6.04 Å². The topological polar surface area (TPSA) is 58.6 Å². The van der Waals surface area contributed by atoms with Crippen LogP contribution in [-0.2, 0) is 4.79 Å². The molecule has 1 heterocycles. The van der Waals surface area contributed by atoms with E-state index in [4.69, 9.17) is 4.74 Å². The predicted molar refractivity (Wildman–Crippen MR) is 112 cm³/mol. The van der Waals surface area contributed by atoms with E-state index in [1.807, 2.05) is 35.2 Å². The Balaban J connectivity index is 1.39. The summed E-state index contributed by atoms with van der Waals surface area (Å²) in [5.74, 6) is 0.432. The van der Waals surface area contributed by atoms with Crippen molar-refractivity contribution in [2.24, 2.45) is 5.92 Å². The molecule has 0 spiro atoms. The largest absolute Gasteiger partial charge is 0.492 e. The Hall–Kier alpha value is -2.89. The second-order valence-electron chi connectivity index (χ2n) is 8.04. The molecule has 4 rings (SSSR count). The number of halogens is 1. The number of likely N-dealkylation sites (tertiary alicyclic amines) is 1. The summed E-state index contributed by atoms with van der Waals surface area (Å²) in [5, 5.41) is 2.92. The summed E-state index contributed by atoms with van der Waals surface area (Å²) >= 11 is 0. The van der Waals surface area contributed by atoms with Crippen molar-refractivity contribution in [3.63, 3.8) is 0 Å². The molecule has 1 saturated heterocycles. The monoisotopic (exact) mass is 410 g/mol. The summed E-state index contributed by atoms with van der Waals surface area (Å²) in [6.07, 6.45) is 5.00. The molecule has 1 aliphatic carbocycles. The van der Waals surface area contributed by atoms with E-state index in [1.165, 1.54) is 12.1 Å². The van der Waals surface area contributed by atoms with Gasteiger partial charge in [-0.05, 0) is 61.6 Å². The number of ether oxygens (including phenoxy) is 1. The quantitative estimate of drug-likeness (QED) is 0.737. The Labute approximate surface area is 176 Å². The maximum Gasteiger partial charge on any atom is 0.254 e. The van der Waals surface area contributed by atoms with Crippen LogP contribution in [0.15, 0.2) is 54.6 Å². The maximum atomic E-state index is 13.2. The lowest BCUT2D eigenvalue weighted by molar-refractivity contribution is -0.125. The molecule has 5 nitrogen and oxygen atoms in total. The standard InChI is InChI=1S/C24H27FN2O3/c25-19-10-12-20(13-11-19)30-15-14-26-23(28)22-16-18-8-4-5-9-21(18)27(22)24(29)17-6-2-1-3-7-17/h1-3,6-7,10-13,18,21-22H,4-5,8-9,14-16H2,(H,26,28). The van der Waals surface area contributed by atoms with Crippen LogP contribution in [0.3, 0.4) is 0 Å². The highest BCUT2D eigenvalue weighted by molar-refractivity contribution is 5.98. The van der Waals surface area contributed by atoms with Crippen molar-refractivity contribution in [3.05, 3.63) is 66.0 Å². The highest BCUT2D eigenvalue weighted by atomic mass is 19.1. The van der Waals surface area contributed by atoms with Gasteiger partial charge in [0.25, 0.3) is 5.91 Å². The van der Waals surface area contributed by atoms with Crippen LogP contribution in [0.25, 0.3) is 0 Å². The van der Waals surface area contributed by atoms with Crippen LogP contribution in [0.1, 0.15) is 42.5 Å². The lowest BCUT2D eigenvalue weighted by Gasteiger charge is -2.33. The van der Waals surface area contributed by atoms with Crippen LogP contribution in [0.4, 0.5) is 4.39 Å². The molecule has 2 aromatic rings. The van der Waals surface area contributed by atoms with Gasteiger partial charge in [-0.3, -0.25) is 9.59 Å². The Morgan fingerprint density at radius 3 is 2.53 bits per heavy atom. The van der Waals surface area contributed by atoms with Crippen molar-refractivity contribution in [2.75, 3.05) is 13.2 Å². The Kier molecular flexibility index (Phi) is 6.31. The van der Waals surface area contributed by atoms with Gasteiger partial charge in [0, 0.05) is 11.6 Å². The first-order valence-electron chi connectivity index (χ1n) is 10.7. The molecule has 2 aliphatic rings. The SMILES string of the molecule is O=C(NCCOc1ccc(F)cc1)C1CC2CCCCC2N1C(=O)c1ccccc1. The van der Waals surface area contributed by atoms with Crippen LogP contribution in [-0.4, -0.2) is 41.9 Å². The Morgan fingerprint density at radius 2 is 1.77 bits per heavy atom. The lowest BCUT2D eigenvalue weighted by Crippen LogP contribution is -2.50. The van der Waals surface area contributed by atoms with Gasteiger partial charge in [0.15, 0.2) is 0 Å². The first kappa shape index (κ1) is 20.4. The molecule has 0 aromatic heterocycles. The maximum absolute atomic E-state index is 13.2. The molecule has 30 heavy (non-hydrogen) atoms. The minimum absolute atomic E-state index is 0.0623. The van der Waals surface area contributed by atoms with Crippen LogP contribution in [0.5, 0.6) is 5.75 Å². The zero-order valence-electron chi connectivity index (χ0n) is 16.9. The van der Waals surface area contributed by atoms with Gasteiger partial charge < -0.3 is 15.0 Å². The molecule has 0 radical (unpaired) electrons. The number of hydrogen-bond acceptors (Lipinski definition) is 3. The fourth-order valence-corrected chi connectivity index (χ4v) is 4.71. The average Bonchev–Trinajstić information content (AvgIpc) is 3.17. The summed E-state index contributed by atoms with van der Waals surface area (Å²) < 4.78 is 18.5. The van der Waals surface area contributed by atoms with Crippen molar-refractivity contribution in [1.29, 1.82) is 0 Å². The van der Waals surface area contributed by atoms with Gasteiger partial charge in [-0.1, -0.05) is 31.0 Å². The molecule has 3 atom stereocenters. The second-order valence-corrected chi connectivity index (χ2v) is 8.04. The Morgan fingerprint density at radius 1 is 1.03 bits per heavy atom. The molecule has 1 saturated carbocycles. The minimum atomic E-state index is -0.448. The van der Waals surface area contributed by atoms with Gasteiger partial charge in [0.2, 0.25) is 5.91 Å². The highest BCUT2D eigenvalue weighted by Crippen LogP contribution is 2.40. The molecule has 1 N–H and O–H groups in total. The molecule has 2 fully saturated rings. The first-order valence-corrected chi connectivity index (χ1v) is 10.7. The number of carbonyl (C=O) groups excluding carboxylic acids is 2. The molecule has 3 unspecified atom stereocenters. The van der Waals surface area contributed by atoms with Crippen molar-refractivity contribution >= 4 is 11.8 Å². The van der Waals surface area contributed by atoms with Gasteiger partial charge >= 0.3 is 0 Å². The zero-order valence-corrected chi connectivity index (χ0v) is 16.9. The molecular weight excluding hydrogens is 383 g/mol. The number of amides is 2. The van der Waals surface area contributed by atoms with Crippen LogP contribution < -0.4 is 10.1 Å². The van der Waals surface area contributed by atoms with Gasteiger partial charge in [-0.15, -0.1) is 0 Å². The summed E-state index contributed by atoms with van der Waals surface area (Å²) in [4.78, 5) is 28.1. The molecule has 2 aromatic carbocycles. The summed E-state index contributed by atoms with van der Waals surface area (Å²) in [6, 6.07) is 14.7. The van der Waals surface area contributed by atoms with E-state index in [1.54, 1.807) is 12.1 Å². The smallest absolute Gasteiger partial charge is 0.254 e. The van der Waals surface area contributed by atoms with Crippen molar-refractivity contribution in [1.82, 2.24) is 10.2 Å². The Bertz CT molecular complexity index is 872. The minimum Gasteiger partial charge on any atom is -0.492 e. The number of nitrogens with zero attached hydrogens (tertiary/aromatic N) is 1. The van der Waals surface area contributed by atoms with Crippen LogP contribution in [0, 0.1) is 11.7 Å². The fraction of sp³-hybridized carbons (Fsp3) is 0.417. The number of carbonyl (C=O) groups is 2. The van der Waals surface area contributed by atoms with Crippen molar-refractivity contribution in [3.8, 4) is 5.75 Å². The van der Waals surface area contributed by atoms with E-state index in [9.17, 15) is 14.0 Å². The van der Waals surface area contributed by atoms with E-state index in [0.717, 1.165) is 25.7 Å². The van der Waals surface area contributed by atoms with Crippen LogP contribution >= 0.6 is 0 Å². The molecule has 158 valence electrons. The van der Waals surface area contributed by atoms with Gasteiger partial charge in [0.1, 0.15) is 24.2 Å². The third-order valence-electron chi connectivity index (χ3n) is 6.13. The molecule has 0 bridgehead atoms. The van der Waals surface area contributed by atoms with Crippen molar-refractivity contribution < 1.29 is 18.7 Å². The number of rotatable bonds is 6. The second kappa shape index (κ2) is 9.28. The number of fused-ring (bicyclic) bond motifs is 1. The normalized spacial score (nSPS) is 23.0. The van der Waals surface area contributed by atoms with Gasteiger partial charge in [-0.2, -0.15) is 0 Å². The zero-order chi connectivity index (χ0) is 20.9. The summed E-state index contributed by atoms with van der Waals surface area (Å²) in [6.45, 7) is 0.610. The molecule has 2 amide bonds. The van der Waals surface area contributed by atoms with Gasteiger partial charge in [0.05, 0.1) is 6.54 Å². The van der Waals surface area contributed by atoms with E-state index >= 15 is 0 Å². The lowest BCUT2D eigenvalue weighted by atomic mass is 9.84. The van der Waals surface area contributed by atoms with Crippen molar-refractivity contribution in [2.45, 2.75) is 44.2 Å². The van der Waals surface area contributed by atoms with E-state index in [2.05, 4.69) is 5.32 Å². The third-order valence-corrected chi connectivity index (χ3v) is 6.13. The highest BCUT2D eigenvalue weighted by Gasteiger charge is 2.47. The first-order chi connectivity index (χ1) is 14.6. The molecule has 1 aliphatic heterocycles.